The lowest BCUT2D eigenvalue weighted by atomic mass is 10.1. The van der Waals surface area contributed by atoms with Crippen molar-refractivity contribution in [2.24, 2.45) is 0 Å². The van der Waals surface area contributed by atoms with Gasteiger partial charge in [0.15, 0.2) is 5.82 Å². The Kier molecular flexibility index (Phi) is 4.37. The van der Waals surface area contributed by atoms with E-state index in [-0.39, 0.29) is 24.2 Å². The molecule has 126 valence electrons. The van der Waals surface area contributed by atoms with Crippen LogP contribution < -0.4 is 0 Å². The molecule has 1 saturated heterocycles. The normalized spacial score (nSPS) is 18.5. The number of carbonyl (C=O) groups excluding carboxylic acids is 1. The number of aromatic nitrogens is 2. The van der Waals surface area contributed by atoms with E-state index in [1.165, 1.54) is 6.08 Å². The molecule has 1 fully saturated rings. The van der Waals surface area contributed by atoms with Gasteiger partial charge in [-0.3, -0.25) is 4.79 Å². The second kappa shape index (κ2) is 6.46. The van der Waals surface area contributed by atoms with Gasteiger partial charge in [-0.25, -0.2) is 0 Å². The number of halogens is 3. The molecule has 8 heteroatoms. The van der Waals surface area contributed by atoms with Crippen molar-refractivity contribution in [1.29, 1.82) is 0 Å². The van der Waals surface area contributed by atoms with Gasteiger partial charge >= 0.3 is 12.1 Å². The van der Waals surface area contributed by atoms with E-state index >= 15 is 0 Å². The minimum atomic E-state index is -4.65. The summed E-state index contributed by atoms with van der Waals surface area (Å²) in [5.41, 5.74) is 0.898. The quantitative estimate of drug-likeness (QED) is 0.808. The maximum Gasteiger partial charge on any atom is 0.471 e. The van der Waals surface area contributed by atoms with Crippen molar-refractivity contribution in [2.75, 3.05) is 13.1 Å². The van der Waals surface area contributed by atoms with Gasteiger partial charge in [-0.15, -0.1) is 0 Å². The van der Waals surface area contributed by atoms with E-state index in [1.807, 2.05) is 30.3 Å². The molecule has 0 radical (unpaired) electrons. The van der Waals surface area contributed by atoms with Crippen LogP contribution in [0.4, 0.5) is 13.2 Å². The lowest BCUT2D eigenvalue weighted by Gasteiger charge is -2.13. The molecule has 0 unspecified atom stereocenters. The van der Waals surface area contributed by atoms with Crippen LogP contribution in [0.5, 0.6) is 0 Å². The predicted octanol–water partition coefficient (Wildman–Crippen LogP) is 3.12. The molecular formula is C16H14F3N3O2. The third kappa shape index (κ3) is 3.64. The highest BCUT2D eigenvalue weighted by atomic mass is 19.4. The summed E-state index contributed by atoms with van der Waals surface area (Å²) in [5, 5.41) is 3.39. The molecule has 0 bridgehead atoms. The number of carbonyl (C=O) groups is 1. The van der Waals surface area contributed by atoms with Crippen LogP contribution in [-0.2, 0) is 11.0 Å². The number of hydrogen-bond donors (Lipinski definition) is 0. The Hall–Kier alpha value is -2.64. The lowest BCUT2D eigenvalue weighted by molar-refractivity contribution is -0.159. The molecule has 1 aliphatic heterocycles. The van der Waals surface area contributed by atoms with Crippen molar-refractivity contribution in [3.05, 3.63) is 53.7 Å². The summed E-state index contributed by atoms with van der Waals surface area (Å²) in [6.07, 6.45) is -1.000. The summed E-state index contributed by atoms with van der Waals surface area (Å²) in [5.74, 6) is -1.91. The van der Waals surface area contributed by atoms with E-state index in [2.05, 4.69) is 14.7 Å². The summed E-state index contributed by atoms with van der Waals surface area (Å²) in [4.78, 5) is 17.1. The van der Waals surface area contributed by atoms with Crippen LogP contribution in [-0.4, -0.2) is 34.0 Å². The smallest absolute Gasteiger partial charge is 0.338 e. The third-order valence-electron chi connectivity index (χ3n) is 3.77. The molecule has 1 atom stereocenters. The van der Waals surface area contributed by atoms with E-state index in [0.717, 1.165) is 5.56 Å². The van der Waals surface area contributed by atoms with E-state index in [0.29, 0.717) is 13.0 Å². The molecule has 2 heterocycles. The summed E-state index contributed by atoms with van der Waals surface area (Å²) in [7, 11) is 0. The first-order valence-corrected chi connectivity index (χ1v) is 7.36. The number of rotatable bonds is 3. The number of nitrogens with zero attached hydrogens (tertiary/aromatic N) is 3. The Morgan fingerprint density at radius 2 is 2.04 bits per heavy atom. The monoisotopic (exact) mass is 337 g/mol. The number of likely N-dealkylation sites (tertiary alicyclic amines) is 1. The second-order valence-corrected chi connectivity index (χ2v) is 5.47. The van der Waals surface area contributed by atoms with E-state index in [4.69, 9.17) is 0 Å². The fraction of sp³-hybridized carbons (Fsp3) is 0.312. The zero-order chi connectivity index (χ0) is 17.2. The predicted molar refractivity (Wildman–Crippen MR) is 78.7 cm³/mol. The van der Waals surface area contributed by atoms with Gasteiger partial charge in [-0.1, -0.05) is 35.5 Å². The highest BCUT2D eigenvalue weighted by Crippen LogP contribution is 2.31. The highest BCUT2D eigenvalue weighted by Gasteiger charge is 2.40. The summed E-state index contributed by atoms with van der Waals surface area (Å²) in [6, 6.07) is 9.35. The van der Waals surface area contributed by atoms with E-state index in [9.17, 15) is 18.0 Å². The minimum absolute atomic E-state index is 0.00957. The summed E-state index contributed by atoms with van der Waals surface area (Å²) < 4.78 is 41.7. The molecule has 5 nitrogen and oxygen atoms in total. The Morgan fingerprint density at radius 3 is 2.71 bits per heavy atom. The van der Waals surface area contributed by atoms with Crippen molar-refractivity contribution in [2.45, 2.75) is 18.5 Å². The maximum atomic E-state index is 12.5. The number of benzene rings is 1. The molecule has 1 aromatic heterocycles. The first-order valence-electron chi connectivity index (χ1n) is 7.36. The van der Waals surface area contributed by atoms with Crippen LogP contribution in [0.1, 0.15) is 29.6 Å². The van der Waals surface area contributed by atoms with Gasteiger partial charge in [0.05, 0.1) is 0 Å². The number of hydrogen-bond acceptors (Lipinski definition) is 4. The average molecular weight is 337 g/mol. The van der Waals surface area contributed by atoms with Gasteiger partial charge in [0.2, 0.25) is 5.91 Å². The Bertz CT molecular complexity index is 741. The first kappa shape index (κ1) is 16.2. The zero-order valence-electron chi connectivity index (χ0n) is 12.5. The Labute approximate surface area is 135 Å². The Morgan fingerprint density at radius 1 is 1.29 bits per heavy atom. The van der Waals surface area contributed by atoms with Gasteiger partial charge in [0.1, 0.15) is 0 Å². The van der Waals surface area contributed by atoms with Gasteiger partial charge < -0.3 is 9.42 Å². The van der Waals surface area contributed by atoms with Crippen LogP contribution in [0.2, 0.25) is 0 Å². The largest absolute Gasteiger partial charge is 0.471 e. The van der Waals surface area contributed by atoms with Crippen LogP contribution in [0, 0.1) is 0 Å². The molecule has 1 aromatic carbocycles. The summed E-state index contributed by atoms with van der Waals surface area (Å²) in [6.45, 7) is 0.716. The van der Waals surface area contributed by atoms with Crippen molar-refractivity contribution in [3.63, 3.8) is 0 Å². The number of amides is 1. The minimum Gasteiger partial charge on any atom is -0.338 e. The summed E-state index contributed by atoms with van der Waals surface area (Å²) >= 11 is 0. The van der Waals surface area contributed by atoms with Gasteiger partial charge in [-0.05, 0) is 18.1 Å². The molecule has 1 amide bonds. The van der Waals surface area contributed by atoms with Crippen molar-refractivity contribution < 1.29 is 22.5 Å². The number of alkyl halides is 3. The van der Waals surface area contributed by atoms with E-state index < -0.39 is 12.1 Å². The van der Waals surface area contributed by atoms with Crippen molar-refractivity contribution >= 4 is 12.0 Å². The molecule has 0 aliphatic carbocycles. The molecule has 0 spiro atoms. The maximum absolute atomic E-state index is 12.5. The third-order valence-corrected chi connectivity index (χ3v) is 3.77. The van der Waals surface area contributed by atoms with E-state index in [1.54, 1.807) is 11.0 Å². The van der Waals surface area contributed by atoms with Gasteiger partial charge in [0, 0.05) is 25.1 Å². The second-order valence-electron chi connectivity index (χ2n) is 5.47. The van der Waals surface area contributed by atoms with Crippen LogP contribution in [0.3, 0.4) is 0 Å². The molecule has 0 N–H and O–H groups in total. The van der Waals surface area contributed by atoms with Crippen LogP contribution in [0.15, 0.2) is 40.9 Å². The Balaban J connectivity index is 1.62. The molecule has 24 heavy (non-hydrogen) atoms. The van der Waals surface area contributed by atoms with Crippen LogP contribution in [0.25, 0.3) is 6.08 Å². The van der Waals surface area contributed by atoms with Crippen molar-refractivity contribution in [3.8, 4) is 0 Å². The highest BCUT2D eigenvalue weighted by molar-refractivity contribution is 5.92. The lowest BCUT2D eigenvalue weighted by Crippen LogP contribution is -2.26. The molecule has 3 rings (SSSR count). The standard InChI is InChI=1S/C16H14F3N3O2/c17-16(18,19)15-20-14(21-24-15)12-8-9-22(10-12)13(23)7-6-11-4-2-1-3-5-11/h1-7,12H,8-10H2/b7-6-/t12-/m0/s1. The molecule has 2 aromatic rings. The molecule has 0 saturated carbocycles. The SMILES string of the molecule is O=C(/C=C\c1ccccc1)N1CC[C@H](c2noc(C(F)(F)F)n2)C1. The van der Waals surface area contributed by atoms with Crippen LogP contribution >= 0.6 is 0 Å². The molecular weight excluding hydrogens is 323 g/mol. The first-order chi connectivity index (χ1) is 11.4. The fourth-order valence-electron chi connectivity index (χ4n) is 2.52. The van der Waals surface area contributed by atoms with Gasteiger partial charge in [0.25, 0.3) is 0 Å². The van der Waals surface area contributed by atoms with Gasteiger partial charge in [-0.2, -0.15) is 18.2 Å². The zero-order valence-corrected chi connectivity index (χ0v) is 12.5. The fourth-order valence-corrected chi connectivity index (χ4v) is 2.52. The average Bonchev–Trinajstić information content (AvgIpc) is 3.21. The topological polar surface area (TPSA) is 59.2 Å². The van der Waals surface area contributed by atoms with Crippen molar-refractivity contribution in [1.82, 2.24) is 15.0 Å². The molecule has 1 aliphatic rings.